The highest BCUT2D eigenvalue weighted by Crippen LogP contribution is 2.35. The van der Waals surface area contributed by atoms with Crippen LogP contribution in [0.25, 0.3) is 0 Å². The Morgan fingerprint density at radius 1 is 1.40 bits per heavy atom. The van der Waals surface area contributed by atoms with E-state index in [4.69, 9.17) is 0 Å². The fourth-order valence-corrected chi connectivity index (χ4v) is 4.97. The molecule has 0 bridgehead atoms. The van der Waals surface area contributed by atoms with Gasteiger partial charge < -0.3 is 4.90 Å². The molecule has 2 heterocycles. The molecule has 1 fully saturated rings. The lowest BCUT2D eigenvalue weighted by atomic mass is 9.98. The van der Waals surface area contributed by atoms with Crippen molar-refractivity contribution < 1.29 is 13.3 Å². The number of hydrogen-bond donors (Lipinski definition) is 0. The normalized spacial score (nSPS) is 18.3. The van der Waals surface area contributed by atoms with Crippen LogP contribution in [0.15, 0.2) is 28.5 Å². The van der Waals surface area contributed by atoms with Crippen molar-refractivity contribution in [3.8, 4) is 0 Å². The largest absolute Gasteiger partial charge is 0.370 e. The number of nitro benzene ring substituents is 1. The van der Waals surface area contributed by atoms with Crippen LogP contribution >= 0.6 is 11.3 Å². The van der Waals surface area contributed by atoms with Gasteiger partial charge in [0.25, 0.3) is 5.69 Å². The minimum atomic E-state index is -3.58. The smallest absolute Gasteiger partial charge is 0.270 e. The van der Waals surface area contributed by atoms with Crippen LogP contribution in [0.3, 0.4) is 0 Å². The number of hydrogen-bond acceptors (Lipinski definition) is 7. The van der Waals surface area contributed by atoms with Crippen molar-refractivity contribution in [3.63, 3.8) is 0 Å². The fraction of sp³-hybridized carbons (Fsp3) is 0.438. The van der Waals surface area contributed by atoms with Gasteiger partial charge in [-0.1, -0.05) is 0 Å². The third-order valence-electron chi connectivity index (χ3n) is 4.30. The summed E-state index contributed by atoms with van der Waals surface area (Å²) in [5.74, 6) is 0.245. The summed E-state index contributed by atoms with van der Waals surface area (Å²) in [7, 11) is -3.58. The second-order valence-electron chi connectivity index (χ2n) is 6.29. The molecule has 2 aromatic rings. The van der Waals surface area contributed by atoms with Gasteiger partial charge in [-0.25, -0.2) is 13.4 Å². The Morgan fingerprint density at radius 2 is 2.16 bits per heavy atom. The van der Waals surface area contributed by atoms with Gasteiger partial charge in [0.15, 0.2) is 9.84 Å². The standard InChI is InChI=1S/C16H19N3O4S2/c1-11-10-24-16(17-11)12-4-3-7-18(9-12)14-6-5-13(19(20)21)8-15(14)25(2,22)23/h5-6,8,10,12H,3-4,7,9H2,1-2H3. The van der Waals surface area contributed by atoms with Crippen LogP contribution < -0.4 is 4.90 Å². The molecule has 3 rings (SSSR count). The third-order valence-corrected chi connectivity index (χ3v) is 6.55. The molecule has 1 saturated heterocycles. The lowest BCUT2D eigenvalue weighted by Gasteiger charge is -2.34. The molecular formula is C16H19N3O4S2. The van der Waals surface area contributed by atoms with Gasteiger partial charge in [0.2, 0.25) is 0 Å². The van der Waals surface area contributed by atoms with Crippen molar-refractivity contribution in [2.24, 2.45) is 0 Å². The number of thiazole rings is 1. The number of aromatic nitrogens is 1. The first-order valence-corrected chi connectivity index (χ1v) is 10.7. The number of sulfone groups is 1. The maximum absolute atomic E-state index is 12.2. The van der Waals surface area contributed by atoms with Gasteiger partial charge in [-0.3, -0.25) is 10.1 Å². The molecule has 25 heavy (non-hydrogen) atoms. The summed E-state index contributed by atoms with van der Waals surface area (Å²) >= 11 is 1.62. The number of nitrogens with zero attached hydrogens (tertiary/aromatic N) is 3. The summed E-state index contributed by atoms with van der Waals surface area (Å²) in [4.78, 5) is 17.0. The van der Waals surface area contributed by atoms with E-state index in [1.54, 1.807) is 17.4 Å². The Morgan fingerprint density at radius 3 is 2.76 bits per heavy atom. The van der Waals surface area contributed by atoms with Crippen molar-refractivity contribution in [1.82, 2.24) is 4.98 Å². The molecule has 7 nitrogen and oxygen atoms in total. The van der Waals surface area contributed by atoms with Gasteiger partial charge in [-0.2, -0.15) is 0 Å². The topological polar surface area (TPSA) is 93.4 Å². The Hall–Kier alpha value is -2.00. The minimum Gasteiger partial charge on any atom is -0.370 e. The molecule has 1 aromatic carbocycles. The maximum atomic E-state index is 12.2. The van der Waals surface area contributed by atoms with E-state index < -0.39 is 14.8 Å². The van der Waals surface area contributed by atoms with Crippen molar-refractivity contribution >= 4 is 32.5 Å². The van der Waals surface area contributed by atoms with E-state index in [9.17, 15) is 18.5 Å². The molecule has 0 spiro atoms. The monoisotopic (exact) mass is 381 g/mol. The van der Waals surface area contributed by atoms with Crippen LogP contribution in [0.2, 0.25) is 0 Å². The predicted octanol–water partition coefficient (Wildman–Crippen LogP) is 3.15. The molecule has 1 aliphatic heterocycles. The number of nitro groups is 1. The zero-order valence-corrected chi connectivity index (χ0v) is 15.6. The van der Waals surface area contributed by atoms with Crippen LogP contribution in [0, 0.1) is 17.0 Å². The first-order valence-electron chi connectivity index (χ1n) is 7.91. The lowest BCUT2D eigenvalue weighted by molar-refractivity contribution is -0.385. The highest BCUT2D eigenvalue weighted by molar-refractivity contribution is 7.90. The maximum Gasteiger partial charge on any atom is 0.270 e. The number of anilines is 1. The average molecular weight is 381 g/mol. The van der Waals surface area contributed by atoms with E-state index in [0.717, 1.165) is 42.4 Å². The molecular weight excluding hydrogens is 362 g/mol. The molecule has 9 heteroatoms. The van der Waals surface area contributed by atoms with Gasteiger partial charge in [0.05, 0.1) is 20.5 Å². The molecule has 1 aliphatic rings. The number of rotatable bonds is 4. The molecule has 0 aliphatic carbocycles. The van der Waals surface area contributed by atoms with Gasteiger partial charge in [0.1, 0.15) is 0 Å². The van der Waals surface area contributed by atoms with Crippen molar-refractivity contribution in [3.05, 3.63) is 44.4 Å². The highest BCUT2D eigenvalue weighted by Gasteiger charge is 2.28. The van der Waals surface area contributed by atoms with Gasteiger partial charge in [-0.15, -0.1) is 11.3 Å². The SMILES string of the molecule is Cc1csc(C2CCCN(c3ccc([N+](=O)[O-])cc3S(C)(=O)=O)C2)n1. The minimum absolute atomic E-state index is 0.0117. The summed E-state index contributed by atoms with van der Waals surface area (Å²) in [6, 6.07) is 4.06. The molecule has 0 radical (unpaired) electrons. The van der Waals surface area contributed by atoms with E-state index in [-0.39, 0.29) is 16.5 Å². The van der Waals surface area contributed by atoms with E-state index in [1.807, 2.05) is 17.2 Å². The number of benzene rings is 1. The van der Waals surface area contributed by atoms with E-state index in [0.29, 0.717) is 12.2 Å². The first kappa shape index (κ1) is 17.8. The second-order valence-corrected chi connectivity index (χ2v) is 9.17. The van der Waals surface area contributed by atoms with E-state index in [2.05, 4.69) is 4.98 Å². The molecule has 0 saturated carbocycles. The fourth-order valence-electron chi connectivity index (χ4n) is 3.13. The third kappa shape index (κ3) is 3.82. The van der Waals surface area contributed by atoms with E-state index in [1.165, 1.54) is 6.07 Å². The van der Waals surface area contributed by atoms with Gasteiger partial charge >= 0.3 is 0 Å². The molecule has 0 N–H and O–H groups in total. The molecule has 134 valence electrons. The predicted molar refractivity (Wildman–Crippen MR) is 97.2 cm³/mol. The Kier molecular flexibility index (Phi) is 4.79. The van der Waals surface area contributed by atoms with E-state index >= 15 is 0 Å². The summed E-state index contributed by atoms with van der Waals surface area (Å²) in [6.45, 7) is 3.34. The van der Waals surface area contributed by atoms with Crippen LogP contribution in [0.5, 0.6) is 0 Å². The van der Waals surface area contributed by atoms with Crippen LogP contribution in [0.4, 0.5) is 11.4 Å². The molecule has 1 unspecified atom stereocenters. The van der Waals surface area contributed by atoms with Crippen molar-refractivity contribution in [1.29, 1.82) is 0 Å². The number of non-ortho nitro benzene ring substituents is 1. The summed E-state index contributed by atoms with van der Waals surface area (Å²) in [5, 5.41) is 14.1. The Labute approximate surface area is 150 Å². The van der Waals surface area contributed by atoms with Crippen LogP contribution in [-0.2, 0) is 9.84 Å². The average Bonchev–Trinajstić information content (AvgIpc) is 3.00. The van der Waals surface area contributed by atoms with Gasteiger partial charge in [0, 0.05) is 48.5 Å². The molecule has 1 aromatic heterocycles. The quantitative estimate of drug-likeness (QED) is 0.596. The summed E-state index contributed by atoms with van der Waals surface area (Å²) in [5.41, 5.74) is 1.31. The van der Waals surface area contributed by atoms with Gasteiger partial charge in [-0.05, 0) is 25.8 Å². The van der Waals surface area contributed by atoms with Crippen molar-refractivity contribution in [2.45, 2.75) is 30.6 Å². The Bertz CT molecular complexity index is 908. The highest BCUT2D eigenvalue weighted by atomic mass is 32.2. The zero-order chi connectivity index (χ0) is 18.2. The lowest BCUT2D eigenvalue weighted by Crippen LogP contribution is -2.35. The summed E-state index contributed by atoms with van der Waals surface area (Å²) < 4.78 is 24.3. The first-order chi connectivity index (χ1) is 11.8. The zero-order valence-electron chi connectivity index (χ0n) is 14.0. The summed E-state index contributed by atoms with van der Waals surface area (Å²) in [6.07, 6.45) is 3.01. The number of piperidine rings is 1. The van der Waals surface area contributed by atoms with Crippen LogP contribution in [0.1, 0.15) is 29.5 Å². The Balaban J connectivity index is 1.96. The van der Waals surface area contributed by atoms with Crippen LogP contribution in [-0.4, -0.2) is 37.7 Å². The number of aryl methyl sites for hydroxylation is 1. The second kappa shape index (κ2) is 6.72. The molecule has 1 atom stereocenters. The molecule has 0 amide bonds. The van der Waals surface area contributed by atoms with Crippen molar-refractivity contribution in [2.75, 3.05) is 24.2 Å².